The van der Waals surface area contributed by atoms with Gasteiger partial charge in [0.25, 0.3) is 0 Å². The van der Waals surface area contributed by atoms with E-state index in [9.17, 15) is 19.5 Å². The lowest BCUT2D eigenvalue weighted by Gasteiger charge is -2.34. The smallest absolute Gasteiger partial charge is 0.250 e. The third-order valence-corrected chi connectivity index (χ3v) is 8.66. The highest BCUT2D eigenvalue weighted by molar-refractivity contribution is 6.33. The number of carbonyl (C=O) groups excluding carboxylic acids is 3. The molecular weight excluding hydrogens is 522 g/mol. The summed E-state index contributed by atoms with van der Waals surface area (Å²) in [6.07, 6.45) is 1.85. The van der Waals surface area contributed by atoms with E-state index >= 15 is 0 Å². The summed E-state index contributed by atoms with van der Waals surface area (Å²) in [6.45, 7) is 4.42. The van der Waals surface area contributed by atoms with Crippen LogP contribution in [-0.4, -0.2) is 64.7 Å². The van der Waals surface area contributed by atoms with Gasteiger partial charge < -0.3 is 30.1 Å². The van der Waals surface area contributed by atoms with Gasteiger partial charge >= 0.3 is 0 Å². The first-order valence-electron chi connectivity index (χ1n) is 13.5. The molecule has 3 aliphatic rings. The molecule has 1 spiro atoms. The Morgan fingerprint density at radius 3 is 2.51 bits per heavy atom. The van der Waals surface area contributed by atoms with Crippen molar-refractivity contribution in [3.05, 3.63) is 53.6 Å². The first-order chi connectivity index (χ1) is 18.8. The maximum atomic E-state index is 14.0. The number of amides is 3. The van der Waals surface area contributed by atoms with Crippen LogP contribution in [-0.2, 0) is 19.1 Å². The highest BCUT2D eigenvalue weighted by Crippen LogP contribution is 2.64. The van der Waals surface area contributed by atoms with E-state index in [1.165, 1.54) is 4.90 Å². The normalized spacial score (nSPS) is 28.9. The lowest BCUT2D eigenvalue weighted by Crippen LogP contribution is -2.53. The number of hydrogen-bond donors (Lipinski definition) is 3. The SMILES string of the molecule is CCOc1ccc(NC(=O)[C@@H]2[C@H]3C(=O)N(CCCO)C(C(=O)Nc4ccccc4Cl)C34CC[C@@]2(CC)O4)cc1. The first kappa shape index (κ1) is 27.4. The topological polar surface area (TPSA) is 117 Å². The van der Waals surface area contributed by atoms with Crippen LogP contribution in [0.15, 0.2) is 48.5 Å². The van der Waals surface area contributed by atoms with Gasteiger partial charge in [0.15, 0.2) is 0 Å². The highest BCUT2D eigenvalue weighted by atomic mass is 35.5. The Morgan fingerprint density at radius 2 is 1.85 bits per heavy atom. The first-order valence-corrected chi connectivity index (χ1v) is 13.9. The number of carbonyl (C=O) groups is 3. The number of aliphatic hydroxyl groups is 1. The van der Waals surface area contributed by atoms with Crippen LogP contribution >= 0.6 is 11.6 Å². The lowest BCUT2D eigenvalue weighted by molar-refractivity contribution is -0.144. The van der Waals surface area contributed by atoms with Gasteiger partial charge in [-0.2, -0.15) is 0 Å². The molecule has 39 heavy (non-hydrogen) atoms. The molecule has 3 fully saturated rings. The van der Waals surface area contributed by atoms with E-state index in [-0.39, 0.29) is 25.0 Å². The van der Waals surface area contributed by atoms with Crippen LogP contribution in [0.3, 0.4) is 0 Å². The Morgan fingerprint density at radius 1 is 1.10 bits per heavy atom. The summed E-state index contributed by atoms with van der Waals surface area (Å²) >= 11 is 6.30. The average molecular weight is 556 g/mol. The minimum atomic E-state index is -1.16. The molecular formula is C29H34ClN3O6. The number of ether oxygens (including phenoxy) is 2. The zero-order chi connectivity index (χ0) is 27.8. The Kier molecular flexibility index (Phi) is 7.59. The number of para-hydroxylation sites is 1. The summed E-state index contributed by atoms with van der Waals surface area (Å²) in [4.78, 5) is 43.2. The summed E-state index contributed by atoms with van der Waals surface area (Å²) in [7, 11) is 0. The van der Waals surface area contributed by atoms with Gasteiger partial charge in [0.1, 0.15) is 17.4 Å². The maximum Gasteiger partial charge on any atom is 0.250 e. The summed E-state index contributed by atoms with van der Waals surface area (Å²) < 4.78 is 12.2. The molecule has 0 radical (unpaired) electrons. The van der Waals surface area contributed by atoms with Gasteiger partial charge in [0.05, 0.1) is 34.8 Å². The predicted octanol–water partition coefficient (Wildman–Crippen LogP) is 3.85. The molecule has 0 aromatic heterocycles. The number of fused-ring (bicyclic) bond motifs is 1. The van der Waals surface area contributed by atoms with Crippen molar-refractivity contribution < 1.29 is 29.0 Å². The fraction of sp³-hybridized carbons (Fsp3) is 0.483. The Bertz CT molecular complexity index is 1260. The summed E-state index contributed by atoms with van der Waals surface area (Å²) in [5, 5.41) is 15.7. The van der Waals surface area contributed by atoms with E-state index in [1.54, 1.807) is 48.5 Å². The summed E-state index contributed by atoms with van der Waals surface area (Å²) in [5.41, 5.74) is -1.00. The largest absolute Gasteiger partial charge is 0.494 e. The molecule has 3 amide bonds. The minimum absolute atomic E-state index is 0.137. The second kappa shape index (κ2) is 10.8. The predicted molar refractivity (Wildman–Crippen MR) is 147 cm³/mol. The second-order valence-corrected chi connectivity index (χ2v) is 10.8. The van der Waals surface area contributed by atoms with E-state index in [4.69, 9.17) is 21.1 Å². The number of nitrogens with one attached hydrogen (secondary N) is 2. The lowest BCUT2D eigenvalue weighted by atomic mass is 9.65. The zero-order valence-electron chi connectivity index (χ0n) is 22.1. The summed E-state index contributed by atoms with van der Waals surface area (Å²) in [6, 6.07) is 13.0. The van der Waals surface area contributed by atoms with Crippen molar-refractivity contribution in [3.8, 4) is 5.75 Å². The standard InChI is InChI=1S/C29H34ClN3O6/c1-3-28-14-15-29(39-28)23(22(28)25(35)31-18-10-12-19(13-11-18)38-4-2)27(37)33(16-7-17-34)24(29)26(36)32-21-9-6-5-8-20(21)30/h5-6,8-13,22-24,34H,3-4,7,14-17H2,1-2H3,(H,31,35)(H,32,36)/t22-,23-,24?,28+,29?/m0/s1. The van der Waals surface area contributed by atoms with Gasteiger partial charge in [-0.05, 0) is 69.0 Å². The number of halogens is 1. The van der Waals surface area contributed by atoms with Crippen LogP contribution in [0, 0.1) is 11.8 Å². The van der Waals surface area contributed by atoms with Crippen LogP contribution < -0.4 is 15.4 Å². The van der Waals surface area contributed by atoms with Gasteiger partial charge in [0.2, 0.25) is 17.7 Å². The fourth-order valence-corrected chi connectivity index (χ4v) is 6.87. The van der Waals surface area contributed by atoms with Gasteiger partial charge in [-0.1, -0.05) is 30.7 Å². The van der Waals surface area contributed by atoms with Crippen molar-refractivity contribution in [2.45, 2.75) is 56.8 Å². The molecule has 0 aliphatic carbocycles. The highest BCUT2D eigenvalue weighted by Gasteiger charge is 2.78. The van der Waals surface area contributed by atoms with Crippen molar-refractivity contribution in [3.63, 3.8) is 0 Å². The van der Waals surface area contributed by atoms with Crippen molar-refractivity contribution >= 4 is 40.7 Å². The second-order valence-electron chi connectivity index (χ2n) is 10.4. The Balaban J connectivity index is 1.48. The Labute approximate surface area is 232 Å². The Hall–Kier alpha value is -3.14. The number of rotatable bonds is 10. The van der Waals surface area contributed by atoms with Gasteiger partial charge in [-0.15, -0.1) is 0 Å². The van der Waals surface area contributed by atoms with Crippen LogP contribution in [0.1, 0.15) is 39.5 Å². The molecule has 3 aliphatic heterocycles. The van der Waals surface area contributed by atoms with Gasteiger partial charge in [0, 0.05) is 18.8 Å². The third kappa shape index (κ3) is 4.56. The molecule has 208 valence electrons. The van der Waals surface area contributed by atoms with Crippen molar-refractivity contribution in [2.24, 2.45) is 11.8 Å². The molecule has 2 unspecified atom stereocenters. The van der Waals surface area contributed by atoms with Crippen molar-refractivity contribution in [1.29, 1.82) is 0 Å². The van der Waals surface area contributed by atoms with Crippen LogP contribution in [0.2, 0.25) is 5.02 Å². The van der Waals surface area contributed by atoms with Crippen molar-refractivity contribution in [2.75, 3.05) is 30.4 Å². The van der Waals surface area contributed by atoms with Crippen LogP contribution in [0.5, 0.6) is 5.75 Å². The van der Waals surface area contributed by atoms with E-state index in [2.05, 4.69) is 10.6 Å². The van der Waals surface area contributed by atoms with E-state index in [0.29, 0.717) is 54.4 Å². The quantitative estimate of drug-likeness (QED) is 0.410. The summed E-state index contributed by atoms with van der Waals surface area (Å²) in [5.74, 6) is -1.93. The van der Waals surface area contributed by atoms with E-state index in [1.807, 2.05) is 13.8 Å². The number of benzene rings is 2. The molecule has 2 aromatic carbocycles. The molecule has 0 saturated carbocycles. The average Bonchev–Trinajstić information content (AvgIpc) is 3.53. The van der Waals surface area contributed by atoms with Crippen LogP contribution in [0.25, 0.3) is 0 Å². The molecule has 2 aromatic rings. The van der Waals surface area contributed by atoms with Gasteiger partial charge in [-0.3, -0.25) is 14.4 Å². The van der Waals surface area contributed by atoms with Crippen LogP contribution in [0.4, 0.5) is 11.4 Å². The zero-order valence-corrected chi connectivity index (χ0v) is 22.9. The third-order valence-electron chi connectivity index (χ3n) is 8.33. The molecule has 9 nitrogen and oxygen atoms in total. The number of nitrogens with zero attached hydrogens (tertiary/aromatic N) is 1. The molecule has 5 atom stereocenters. The van der Waals surface area contributed by atoms with E-state index in [0.717, 1.165) is 0 Å². The number of anilines is 2. The number of aliphatic hydroxyl groups excluding tert-OH is 1. The monoisotopic (exact) mass is 555 g/mol. The number of hydrogen-bond acceptors (Lipinski definition) is 6. The minimum Gasteiger partial charge on any atom is -0.494 e. The molecule has 10 heteroatoms. The molecule has 2 bridgehead atoms. The molecule has 3 saturated heterocycles. The number of likely N-dealkylation sites (tertiary alicyclic amines) is 1. The molecule has 5 rings (SSSR count). The fourth-order valence-electron chi connectivity index (χ4n) is 6.68. The molecule has 3 heterocycles. The van der Waals surface area contributed by atoms with E-state index < -0.39 is 35.0 Å². The van der Waals surface area contributed by atoms with Gasteiger partial charge in [-0.25, -0.2) is 0 Å². The molecule has 3 N–H and O–H groups in total. The maximum absolute atomic E-state index is 14.0. The van der Waals surface area contributed by atoms with Crippen molar-refractivity contribution in [1.82, 2.24) is 4.90 Å².